The van der Waals surface area contributed by atoms with Crippen molar-refractivity contribution >= 4 is 11.7 Å². The summed E-state index contributed by atoms with van der Waals surface area (Å²) < 4.78 is 47.9. The number of nitrogens with zero attached hydrogens (tertiary/aromatic N) is 1. The first-order valence-electron chi connectivity index (χ1n) is 20.4. The molecule has 0 aromatic heterocycles. The highest BCUT2D eigenvalue weighted by Crippen LogP contribution is 2.41. The lowest BCUT2D eigenvalue weighted by atomic mass is 9.73. The number of methoxy groups -OCH3 is 2. The number of hydrogen-bond acceptors (Lipinski definition) is 17. The lowest BCUT2D eigenvalue weighted by Gasteiger charge is -2.49. The van der Waals surface area contributed by atoms with E-state index in [-0.39, 0.29) is 44.8 Å². The standard InChI is InChI=1S/C40H74N2O15/c1-14-28-40(10,48)33(44)23(4)30(42-52-20-51-16-15-49-12)21(2)18-38(8,47)35(57-37-31(43)27(41-11)17-22(3)53-37)24(5)32(25(6)36(46)55-28)56-29-19-39(9,50-13)34(45)26(7)54-29/h21-29,31-35,37,41,43-45,47-48H,14-20H2,1-13H3/t21-,22-,23+,24?,25-,26+,27+,28-,29?,31-,32+,33-,34+,35-,37?,38-,39-,40-/m1/s1. The van der Waals surface area contributed by atoms with Gasteiger partial charge in [0.15, 0.2) is 12.6 Å². The molecule has 0 aromatic rings. The lowest BCUT2D eigenvalue weighted by molar-refractivity contribution is -0.315. The van der Waals surface area contributed by atoms with Gasteiger partial charge < -0.3 is 73.6 Å². The van der Waals surface area contributed by atoms with Crippen molar-refractivity contribution in [2.24, 2.45) is 28.8 Å². The molecule has 17 heteroatoms. The van der Waals surface area contributed by atoms with Crippen LogP contribution in [0.25, 0.3) is 0 Å². The third-order valence-corrected chi connectivity index (χ3v) is 12.3. The molecule has 3 heterocycles. The number of carbonyl (C=O) groups excluding carboxylic acids is 1. The average molecular weight is 823 g/mol. The maximum Gasteiger partial charge on any atom is 0.311 e. The van der Waals surface area contributed by atoms with E-state index < -0.39 is 102 Å². The highest BCUT2D eigenvalue weighted by Gasteiger charge is 2.53. The van der Waals surface area contributed by atoms with Crippen LogP contribution in [0.1, 0.15) is 94.9 Å². The van der Waals surface area contributed by atoms with Crippen LogP contribution in [0.15, 0.2) is 5.16 Å². The summed E-state index contributed by atoms with van der Waals surface area (Å²) in [5.41, 5.74) is -4.49. The first kappa shape index (κ1) is 49.8. The first-order valence-corrected chi connectivity index (χ1v) is 20.4. The molecule has 3 saturated heterocycles. The third-order valence-electron chi connectivity index (χ3n) is 12.3. The van der Waals surface area contributed by atoms with Gasteiger partial charge in [-0.2, -0.15) is 0 Å². The van der Waals surface area contributed by atoms with Crippen LogP contribution in [0.2, 0.25) is 0 Å². The Labute approximate surface area is 339 Å². The highest BCUT2D eigenvalue weighted by molar-refractivity contribution is 5.88. The van der Waals surface area contributed by atoms with Crippen LogP contribution in [0, 0.1) is 23.7 Å². The first-order chi connectivity index (χ1) is 26.6. The van der Waals surface area contributed by atoms with Crippen molar-refractivity contribution in [1.82, 2.24) is 5.32 Å². The van der Waals surface area contributed by atoms with Crippen LogP contribution in [-0.2, 0) is 47.5 Å². The van der Waals surface area contributed by atoms with Crippen LogP contribution < -0.4 is 5.32 Å². The Morgan fingerprint density at radius 3 is 2.18 bits per heavy atom. The van der Waals surface area contributed by atoms with E-state index in [4.69, 9.17) is 42.7 Å². The summed E-state index contributed by atoms with van der Waals surface area (Å²) in [4.78, 5) is 19.8. The Balaban J connectivity index is 2.21. The summed E-state index contributed by atoms with van der Waals surface area (Å²) in [6.45, 7) is 17.2. The van der Waals surface area contributed by atoms with Crippen molar-refractivity contribution in [3.63, 3.8) is 0 Å². The number of aliphatic hydroxyl groups is 5. The van der Waals surface area contributed by atoms with Gasteiger partial charge in [0.1, 0.15) is 23.9 Å². The zero-order valence-corrected chi connectivity index (χ0v) is 36.4. The van der Waals surface area contributed by atoms with Gasteiger partial charge in [-0.25, -0.2) is 0 Å². The molecule has 0 bridgehead atoms. The van der Waals surface area contributed by atoms with Crippen molar-refractivity contribution in [2.45, 2.75) is 179 Å². The maximum atomic E-state index is 14.3. The van der Waals surface area contributed by atoms with Crippen molar-refractivity contribution in [3.05, 3.63) is 0 Å². The zero-order valence-electron chi connectivity index (χ0n) is 36.4. The molecule has 3 rings (SSSR count). The molecule has 6 N–H and O–H groups in total. The molecule has 17 nitrogen and oxygen atoms in total. The van der Waals surface area contributed by atoms with E-state index in [9.17, 15) is 30.3 Å². The summed E-state index contributed by atoms with van der Waals surface area (Å²) >= 11 is 0. The molecule has 0 saturated carbocycles. The van der Waals surface area contributed by atoms with Gasteiger partial charge >= 0.3 is 5.97 Å². The van der Waals surface area contributed by atoms with Gasteiger partial charge in [-0.15, -0.1) is 0 Å². The Hall–Kier alpha value is -1.58. The molecule has 334 valence electrons. The number of oxime groups is 1. The predicted molar refractivity (Wildman–Crippen MR) is 208 cm³/mol. The minimum atomic E-state index is -1.97. The Bertz CT molecular complexity index is 1270. The summed E-state index contributed by atoms with van der Waals surface area (Å²) in [5.74, 6) is -4.14. The van der Waals surface area contributed by atoms with Crippen LogP contribution in [0.5, 0.6) is 0 Å². The molecule has 3 fully saturated rings. The monoisotopic (exact) mass is 823 g/mol. The summed E-state index contributed by atoms with van der Waals surface area (Å²) in [7, 11) is 4.77. The van der Waals surface area contributed by atoms with Gasteiger partial charge in [-0.3, -0.25) is 4.79 Å². The van der Waals surface area contributed by atoms with Gasteiger partial charge in [0.25, 0.3) is 0 Å². The molecule has 0 aliphatic carbocycles. The van der Waals surface area contributed by atoms with Gasteiger partial charge in [0.05, 0.1) is 66.6 Å². The van der Waals surface area contributed by atoms with Crippen molar-refractivity contribution < 1.29 is 73.1 Å². The number of esters is 1. The largest absolute Gasteiger partial charge is 0.459 e. The molecule has 0 radical (unpaired) electrons. The molecule has 0 aromatic carbocycles. The fourth-order valence-electron chi connectivity index (χ4n) is 8.73. The highest BCUT2D eigenvalue weighted by atomic mass is 16.7. The molecule has 3 aliphatic rings. The predicted octanol–water partition coefficient (Wildman–Crippen LogP) is 1.87. The molecule has 0 amide bonds. The molecule has 3 aliphatic heterocycles. The third kappa shape index (κ3) is 12.0. The zero-order chi connectivity index (χ0) is 43.0. The van der Waals surface area contributed by atoms with Crippen LogP contribution in [0.4, 0.5) is 0 Å². The molecule has 0 spiro atoms. The van der Waals surface area contributed by atoms with E-state index in [2.05, 4.69) is 10.5 Å². The quantitative estimate of drug-likeness (QED) is 0.0675. The fourth-order valence-corrected chi connectivity index (χ4v) is 8.73. The number of ether oxygens (including phenoxy) is 8. The number of cyclic esters (lactones) is 1. The second kappa shape index (κ2) is 21.3. The molecule has 18 atom stereocenters. The number of hydrogen-bond donors (Lipinski definition) is 6. The molecular weight excluding hydrogens is 748 g/mol. The van der Waals surface area contributed by atoms with E-state index >= 15 is 0 Å². The van der Waals surface area contributed by atoms with Crippen molar-refractivity contribution in [3.8, 4) is 0 Å². The minimum Gasteiger partial charge on any atom is -0.459 e. The van der Waals surface area contributed by atoms with Gasteiger partial charge in [-0.1, -0.05) is 32.9 Å². The smallest absolute Gasteiger partial charge is 0.311 e. The Morgan fingerprint density at radius 1 is 0.912 bits per heavy atom. The molecule has 3 unspecified atom stereocenters. The van der Waals surface area contributed by atoms with E-state index in [0.717, 1.165) is 0 Å². The topological polar surface area (TPSA) is 226 Å². The molecular formula is C40H74N2O15. The van der Waals surface area contributed by atoms with E-state index in [1.807, 2.05) is 6.92 Å². The van der Waals surface area contributed by atoms with Crippen LogP contribution in [-0.4, -0.2) is 163 Å². The average Bonchev–Trinajstić information content (AvgIpc) is 3.15. The van der Waals surface area contributed by atoms with Crippen LogP contribution in [0.3, 0.4) is 0 Å². The fraction of sp³-hybridized carbons (Fsp3) is 0.950. The summed E-state index contributed by atoms with van der Waals surface area (Å²) in [6.07, 6.45) is -9.54. The Kier molecular flexibility index (Phi) is 18.6. The van der Waals surface area contributed by atoms with E-state index in [1.165, 1.54) is 14.0 Å². The van der Waals surface area contributed by atoms with E-state index in [0.29, 0.717) is 18.7 Å². The number of carbonyl (C=O) groups is 1. The maximum absolute atomic E-state index is 14.3. The van der Waals surface area contributed by atoms with Crippen molar-refractivity contribution in [2.75, 3.05) is 41.3 Å². The number of likely N-dealkylation sites (N-methyl/N-ethyl adjacent to an activating group) is 1. The normalized spacial score (nSPS) is 46.3. The summed E-state index contributed by atoms with van der Waals surface area (Å²) in [6, 6.07) is -0.379. The summed E-state index contributed by atoms with van der Waals surface area (Å²) in [5, 5.41) is 66.4. The molecule has 57 heavy (non-hydrogen) atoms. The van der Waals surface area contributed by atoms with Gasteiger partial charge in [0, 0.05) is 44.4 Å². The van der Waals surface area contributed by atoms with E-state index in [1.54, 1.807) is 69.5 Å². The number of nitrogens with one attached hydrogen (secondary N) is 1. The van der Waals surface area contributed by atoms with Gasteiger partial charge in [-0.05, 0) is 67.9 Å². The SMILES string of the molecule is CC[C@H]1OC(=O)[C@H](C)[C@@H](OC2C[C@@](C)(OC)[C@@H](O)[C@H](C)O2)C(C)[C@@H](OC2O[C@H](C)C[C@H](NC)[C@H]2O)[C@](C)(O)C[C@@H](C)C(=NOCOCCOC)[C@H](C)[C@@H](O)[C@]1(C)O. The second-order valence-corrected chi connectivity index (χ2v) is 17.1. The number of aliphatic hydroxyl groups excluding tert-OH is 3. The van der Waals surface area contributed by atoms with Crippen molar-refractivity contribution in [1.29, 1.82) is 0 Å². The Morgan fingerprint density at radius 2 is 1.58 bits per heavy atom. The lowest BCUT2D eigenvalue weighted by Crippen LogP contribution is -2.61. The minimum absolute atomic E-state index is 0.0323. The number of rotatable bonds is 13. The van der Waals surface area contributed by atoms with Gasteiger partial charge in [0.2, 0.25) is 6.79 Å². The second-order valence-electron chi connectivity index (χ2n) is 17.1. The van der Waals surface area contributed by atoms with Crippen LogP contribution >= 0.6 is 0 Å².